The molecule has 2 aromatic carbocycles. The van der Waals surface area contributed by atoms with Crippen molar-refractivity contribution >= 4 is 30.7 Å². The fraction of sp³-hybridized carbons (Fsp3) is 0.583. The molecule has 4 fully saturated rings. The summed E-state index contributed by atoms with van der Waals surface area (Å²) in [6.07, 6.45) is 5.84. The lowest BCUT2D eigenvalue weighted by atomic mass is 9.43. The zero-order valence-electron chi connectivity index (χ0n) is 28.2. The molecular weight excluding hydrogens is 579 g/mol. The Hall–Kier alpha value is -3.37. The number of unbranched alkanes of at least 4 members (excludes halogenated alkanes) is 1. The van der Waals surface area contributed by atoms with Crippen LogP contribution in [0.1, 0.15) is 89.6 Å². The lowest BCUT2D eigenvalue weighted by Crippen LogP contribution is -2.65. The minimum absolute atomic E-state index is 0.0139. The van der Waals surface area contributed by atoms with Gasteiger partial charge in [-0.25, -0.2) is 4.79 Å². The van der Waals surface area contributed by atoms with E-state index in [0.717, 1.165) is 37.7 Å². The highest BCUT2D eigenvalue weighted by molar-refractivity contribution is 6.48. The van der Waals surface area contributed by atoms with E-state index in [1.165, 1.54) is 0 Å². The molecule has 1 saturated heterocycles. The molecule has 1 aliphatic heterocycles. The topological polar surface area (TPSA) is 118 Å². The van der Waals surface area contributed by atoms with Gasteiger partial charge in [0.15, 0.2) is 0 Å². The molecule has 10 heteroatoms. The minimum Gasteiger partial charge on any atom is -0.404 e. The van der Waals surface area contributed by atoms with Crippen molar-refractivity contribution in [3.63, 3.8) is 0 Å². The van der Waals surface area contributed by atoms with E-state index < -0.39 is 36.6 Å². The summed E-state index contributed by atoms with van der Waals surface area (Å²) in [7, 11) is -0.599. The van der Waals surface area contributed by atoms with Crippen LogP contribution in [0.3, 0.4) is 0 Å². The monoisotopic (exact) mass is 630 g/mol. The molecule has 6 atom stereocenters. The number of benzene rings is 2. The van der Waals surface area contributed by atoms with Gasteiger partial charge >= 0.3 is 13.1 Å². The van der Waals surface area contributed by atoms with Crippen LogP contribution in [0.15, 0.2) is 54.6 Å². The predicted molar refractivity (Wildman–Crippen MR) is 181 cm³/mol. The normalized spacial score (nSPS) is 25.5. The van der Waals surface area contributed by atoms with Gasteiger partial charge in [-0.2, -0.15) is 0 Å². The van der Waals surface area contributed by atoms with Crippen LogP contribution in [-0.2, 0) is 20.5 Å². The SMILES string of the molecule is CCCCc1ccc(C(=O)N[C@@H](CNC(=O)Nc2ccccc2)C(=O)N[C@@H](CC(C)C)B2O[C@@H]3C[C@H]4C[C@H](C4(C)C)[C@]3(C)O2)cc1. The Kier molecular flexibility index (Phi) is 10.5. The molecule has 2 bridgehead atoms. The summed E-state index contributed by atoms with van der Waals surface area (Å²) in [4.78, 5) is 40.1. The van der Waals surface area contributed by atoms with Crippen molar-refractivity contribution in [3.8, 4) is 0 Å². The molecule has 0 spiro atoms. The molecule has 0 unspecified atom stereocenters. The van der Waals surface area contributed by atoms with Crippen molar-refractivity contribution in [1.29, 1.82) is 0 Å². The number of anilines is 1. The zero-order chi connectivity index (χ0) is 33.1. The highest BCUT2D eigenvalue weighted by Crippen LogP contribution is 2.65. The molecule has 2 aromatic rings. The molecule has 9 nitrogen and oxygen atoms in total. The van der Waals surface area contributed by atoms with Crippen LogP contribution in [-0.4, -0.2) is 55.2 Å². The van der Waals surface area contributed by atoms with E-state index in [0.29, 0.717) is 29.5 Å². The number of urea groups is 1. The Labute approximate surface area is 274 Å². The van der Waals surface area contributed by atoms with Crippen LogP contribution in [0.5, 0.6) is 0 Å². The molecule has 4 amide bonds. The Morgan fingerprint density at radius 3 is 2.35 bits per heavy atom. The first-order valence-electron chi connectivity index (χ1n) is 17.0. The Morgan fingerprint density at radius 1 is 0.978 bits per heavy atom. The molecule has 3 aliphatic carbocycles. The molecule has 46 heavy (non-hydrogen) atoms. The van der Waals surface area contributed by atoms with Crippen LogP contribution in [0.4, 0.5) is 10.5 Å². The number of carbonyl (C=O) groups is 3. The summed E-state index contributed by atoms with van der Waals surface area (Å²) >= 11 is 0. The molecule has 0 radical (unpaired) electrons. The maximum atomic E-state index is 14.0. The maximum Gasteiger partial charge on any atom is 0.481 e. The third kappa shape index (κ3) is 7.44. The second kappa shape index (κ2) is 14.2. The second-order valence-corrected chi connectivity index (χ2v) is 14.6. The Bertz CT molecular complexity index is 1370. The van der Waals surface area contributed by atoms with Gasteiger partial charge in [-0.3, -0.25) is 9.59 Å². The van der Waals surface area contributed by atoms with Crippen LogP contribution in [0.25, 0.3) is 0 Å². The van der Waals surface area contributed by atoms with Crippen molar-refractivity contribution in [2.75, 3.05) is 11.9 Å². The van der Waals surface area contributed by atoms with Crippen molar-refractivity contribution in [3.05, 3.63) is 65.7 Å². The largest absolute Gasteiger partial charge is 0.481 e. The predicted octanol–water partition coefficient (Wildman–Crippen LogP) is 5.75. The van der Waals surface area contributed by atoms with Gasteiger partial charge in [-0.15, -0.1) is 0 Å². The summed E-state index contributed by atoms with van der Waals surface area (Å²) in [5.41, 5.74) is 2.03. The molecule has 0 aromatic heterocycles. The van der Waals surface area contributed by atoms with E-state index in [2.05, 4.69) is 62.8 Å². The maximum absolute atomic E-state index is 14.0. The summed E-state index contributed by atoms with van der Waals surface area (Å²) in [6, 6.07) is 15.0. The molecule has 248 valence electrons. The second-order valence-electron chi connectivity index (χ2n) is 14.6. The van der Waals surface area contributed by atoms with Crippen molar-refractivity contribution < 1.29 is 23.7 Å². The van der Waals surface area contributed by atoms with Crippen LogP contribution < -0.4 is 21.3 Å². The smallest absolute Gasteiger partial charge is 0.404 e. The average molecular weight is 631 g/mol. The summed E-state index contributed by atoms with van der Waals surface area (Å²) in [5, 5.41) is 11.6. The fourth-order valence-corrected chi connectivity index (χ4v) is 7.65. The standard InChI is InChI=1S/C36H51BN4O5/c1-7-8-12-24-15-17-25(18-16-24)32(42)40-28(22-38-34(44)39-27-13-10-9-11-14-27)33(43)41-31(19-23(2)3)37-45-30-21-26-20-29(35(26,4)5)36(30,6)46-37/h9-11,13-18,23,26,28-31H,7-8,12,19-22H2,1-6H3,(H,40,42)(H,41,43)(H2,38,39,44)/t26-,28+,29-,30-,31+,36+/m1/s1. The number of aryl methyl sites for hydroxylation is 1. The first-order chi connectivity index (χ1) is 21.9. The van der Waals surface area contributed by atoms with Gasteiger partial charge in [0.25, 0.3) is 5.91 Å². The van der Waals surface area contributed by atoms with E-state index in [-0.39, 0.29) is 29.9 Å². The van der Waals surface area contributed by atoms with Crippen LogP contribution in [0.2, 0.25) is 0 Å². The van der Waals surface area contributed by atoms with Gasteiger partial charge in [0.2, 0.25) is 5.91 Å². The number of para-hydroxylation sites is 1. The van der Waals surface area contributed by atoms with Crippen molar-refractivity contribution in [2.24, 2.45) is 23.2 Å². The Morgan fingerprint density at radius 2 is 1.70 bits per heavy atom. The molecule has 3 saturated carbocycles. The van der Waals surface area contributed by atoms with E-state index >= 15 is 0 Å². The van der Waals surface area contributed by atoms with E-state index in [1.807, 2.05) is 30.3 Å². The molecule has 6 rings (SSSR count). The first-order valence-corrected chi connectivity index (χ1v) is 17.0. The van der Waals surface area contributed by atoms with E-state index in [9.17, 15) is 14.4 Å². The van der Waals surface area contributed by atoms with Gasteiger partial charge in [0.1, 0.15) is 6.04 Å². The highest BCUT2D eigenvalue weighted by atomic mass is 16.7. The number of carbonyl (C=O) groups excluding carboxylic acids is 3. The lowest BCUT2D eigenvalue weighted by molar-refractivity contribution is -0.199. The zero-order valence-corrected chi connectivity index (χ0v) is 28.2. The van der Waals surface area contributed by atoms with Crippen molar-refractivity contribution in [1.82, 2.24) is 16.0 Å². The third-order valence-electron chi connectivity index (χ3n) is 10.5. The van der Waals surface area contributed by atoms with Crippen LogP contribution in [0, 0.1) is 23.2 Å². The average Bonchev–Trinajstić information content (AvgIpc) is 3.39. The van der Waals surface area contributed by atoms with E-state index in [1.54, 1.807) is 24.3 Å². The quantitative estimate of drug-likeness (QED) is 0.211. The number of rotatable bonds is 13. The molecule has 4 aliphatic rings. The van der Waals surface area contributed by atoms with Crippen LogP contribution >= 0.6 is 0 Å². The van der Waals surface area contributed by atoms with Gasteiger partial charge < -0.3 is 30.6 Å². The summed E-state index contributed by atoms with van der Waals surface area (Å²) < 4.78 is 13.3. The third-order valence-corrected chi connectivity index (χ3v) is 10.5. The van der Waals surface area contributed by atoms with Gasteiger partial charge in [0.05, 0.1) is 17.6 Å². The summed E-state index contributed by atoms with van der Waals surface area (Å²) in [6.45, 7) is 13.1. The summed E-state index contributed by atoms with van der Waals surface area (Å²) in [5.74, 6) is 0.0521. The van der Waals surface area contributed by atoms with Crippen molar-refractivity contribution in [2.45, 2.75) is 104 Å². The number of hydrogen-bond donors (Lipinski definition) is 4. The first kappa shape index (κ1) is 34.0. The highest BCUT2D eigenvalue weighted by Gasteiger charge is 2.68. The fourth-order valence-electron chi connectivity index (χ4n) is 7.65. The lowest BCUT2D eigenvalue weighted by Gasteiger charge is -2.64. The Balaban J connectivity index is 1.29. The van der Waals surface area contributed by atoms with Gasteiger partial charge in [-0.1, -0.05) is 71.4 Å². The van der Waals surface area contributed by atoms with E-state index in [4.69, 9.17) is 9.31 Å². The number of hydrogen-bond acceptors (Lipinski definition) is 5. The number of nitrogens with one attached hydrogen (secondary N) is 4. The molecular formula is C36H51BN4O5. The van der Waals surface area contributed by atoms with Gasteiger partial charge in [-0.05, 0) is 92.0 Å². The van der Waals surface area contributed by atoms with Gasteiger partial charge in [0, 0.05) is 17.8 Å². The molecule has 4 N–H and O–H groups in total. The minimum atomic E-state index is -1.03. The molecule has 1 heterocycles. The number of amides is 4.